The number of likely N-dealkylation sites (N-methyl/N-ethyl adjacent to an activating group) is 1. The summed E-state index contributed by atoms with van der Waals surface area (Å²) in [6, 6.07) is 20.2. The van der Waals surface area contributed by atoms with E-state index in [1.807, 2.05) is 37.5 Å². The molecule has 3 aromatic heterocycles. The molecular formula is C47H53N7O7. The third-order valence-corrected chi connectivity index (χ3v) is 11.8. The summed E-state index contributed by atoms with van der Waals surface area (Å²) >= 11 is 0. The Hall–Kier alpha value is -6.46. The second-order valence-electron chi connectivity index (χ2n) is 16.0. The molecule has 3 heterocycles. The Labute approximate surface area is 355 Å². The first-order valence-electron chi connectivity index (χ1n) is 21.2. The Kier molecular flexibility index (Phi) is 14.1. The highest BCUT2D eigenvalue weighted by Crippen LogP contribution is 2.32. The third kappa shape index (κ3) is 10.7. The van der Waals surface area contributed by atoms with Gasteiger partial charge in [-0.15, -0.1) is 0 Å². The summed E-state index contributed by atoms with van der Waals surface area (Å²) in [5, 5.41) is 25.0. The zero-order chi connectivity index (χ0) is 42.7. The van der Waals surface area contributed by atoms with Crippen molar-refractivity contribution in [3.8, 4) is 39.8 Å². The second kappa shape index (κ2) is 20.2. The maximum Gasteiger partial charge on any atom is 0.287 e. The van der Waals surface area contributed by atoms with Gasteiger partial charge in [-0.05, 0) is 85.5 Å². The fourth-order valence-electron chi connectivity index (χ4n) is 8.45. The molecule has 2 aliphatic rings. The molecule has 61 heavy (non-hydrogen) atoms. The van der Waals surface area contributed by atoms with Crippen LogP contribution in [0.2, 0.25) is 0 Å². The minimum absolute atomic E-state index is 0.0321. The van der Waals surface area contributed by atoms with E-state index in [1.54, 1.807) is 60.4 Å². The lowest BCUT2D eigenvalue weighted by molar-refractivity contribution is -0.125. The van der Waals surface area contributed by atoms with Gasteiger partial charge in [0, 0.05) is 49.1 Å². The van der Waals surface area contributed by atoms with Crippen molar-refractivity contribution in [2.45, 2.75) is 82.9 Å². The molecule has 2 saturated carbocycles. The summed E-state index contributed by atoms with van der Waals surface area (Å²) in [5.41, 5.74) is 4.54. The van der Waals surface area contributed by atoms with E-state index >= 15 is 0 Å². The first-order chi connectivity index (χ1) is 29.7. The van der Waals surface area contributed by atoms with Gasteiger partial charge in [-0.1, -0.05) is 62.8 Å². The van der Waals surface area contributed by atoms with Gasteiger partial charge in [0.1, 0.15) is 23.6 Å². The quantitative estimate of drug-likeness (QED) is 0.0765. The van der Waals surface area contributed by atoms with Crippen molar-refractivity contribution in [2.75, 3.05) is 20.2 Å². The summed E-state index contributed by atoms with van der Waals surface area (Å²) in [6.07, 6.45) is 13.3. The fourth-order valence-corrected chi connectivity index (χ4v) is 8.45. The van der Waals surface area contributed by atoms with E-state index in [4.69, 9.17) is 18.8 Å². The van der Waals surface area contributed by atoms with Crippen LogP contribution < -0.4 is 21.3 Å². The molecule has 2 aromatic carbocycles. The van der Waals surface area contributed by atoms with Gasteiger partial charge < -0.3 is 34.8 Å². The number of aromatic nitrogens is 2. The molecule has 14 nitrogen and oxygen atoms in total. The summed E-state index contributed by atoms with van der Waals surface area (Å²) < 4.78 is 19.9. The van der Waals surface area contributed by atoms with Crippen molar-refractivity contribution >= 4 is 23.6 Å². The van der Waals surface area contributed by atoms with Gasteiger partial charge in [-0.2, -0.15) is 10.4 Å². The zero-order valence-electron chi connectivity index (χ0n) is 34.7. The van der Waals surface area contributed by atoms with Crippen LogP contribution in [0, 0.1) is 23.2 Å². The minimum Gasteiger partial charge on any atom is -0.451 e. The smallest absolute Gasteiger partial charge is 0.287 e. The average Bonchev–Trinajstić information content (AvgIpc) is 4.08. The lowest BCUT2D eigenvalue weighted by atomic mass is 9.83. The number of amides is 4. The average molecular weight is 828 g/mol. The predicted octanol–water partition coefficient (Wildman–Crippen LogP) is 6.92. The number of nitriles is 1. The highest BCUT2D eigenvalue weighted by atomic mass is 16.5. The van der Waals surface area contributed by atoms with E-state index in [0.717, 1.165) is 86.5 Å². The lowest BCUT2D eigenvalue weighted by Gasteiger charge is -2.29. The molecule has 0 spiro atoms. The van der Waals surface area contributed by atoms with Crippen molar-refractivity contribution in [1.82, 2.24) is 31.0 Å². The van der Waals surface area contributed by atoms with E-state index in [2.05, 4.69) is 32.4 Å². The number of ether oxygens (including phenoxy) is 1. The Bertz CT molecular complexity index is 2320. The van der Waals surface area contributed by atoms with E-state index in [0.29, 0.717) is 22.6 Å². The zero-order valence-corrected chi connectivity index (χ0v) is 34.7. The number of hydrogen-bond donors (Lipinski definition) is 4. The largest absolute Gasteiger partial charge is 0.451 e. The highest BCUT2D eigenvalue weighted by molar-refractivity contribution is 5.97. The van der Waals surface area contributed by atoms with Crippen LogP contribution in [0.4, 0.5) is 0 Å². The highest BCUT2D eigenvalue weighted by Gasteiger charge is 2.33. The number of benzene rings is 2. The normalized spacial score (nSPS) is 15.6. The molecule has 2 aliphatic carbocycles. The number of aryl methyl sites for hydroxylation is 1. The fraction of sp³-hybridized carbons (Fsp3) is 0.404. The molecule has 0 radical (unpaired) electrons. The van der Waals surface area contributed by atoms with E-state index in [1.165, 1.54) is 0 Å². The second-order valence-corrected chi connectivity index (χ2v) is 16.0. The topological polar surface area (TPSA) is 194 Å². The first kappa shape index (κ1) is 42.7. The Balaban J connectivity index is 1.01. The van der Waals surface area contributed by atoms with Crippen LogP contribution in [-0.2, 0) is 28.0 Å². The van der Waals surface area contributed by atoms with Crippen molar-refractivity contribution in [3.63, 3.8) is 0 Å². The summed E-state index contributed by atoms with van der Waals surface area (Å²) in [6.45, 7) is 0.406. The Morgan fingerprint density at radius 2 is 1.38 bits per heavy atom. The standard InChI is InChI=1S/C47H53N7O7/c1-49-46(57)41(33-9-5-3-6-10-33)52-45(56)40-25-36(43(61-40)35-19-17-31(18-20-35)37-27-51-54(2)28-37)29-59-24-23-50-47(58)42(34-11-7-4-8-12-34)53-44(55)39-22-21-38(60-39)32-15-13-30(26-48)14-16-32/h13-22,25,27-28,33-34,41-42H,3-12,23-24,29H2,1-2H3,(H,49,57)(H,50,58)(H,52,56)(H,53,55). The molecule has 0 saturated heterocycles. The summed E-state index contributed by atoms with van der Waals surface area (Å²) in [7, 11) is 3.44. The van der Waals surface area contributed by atoms with Gasteiger partial charge in [-0.25, -0.2) is 0 Å². The van der Waals surface area contributed by atoms with Gasteiger partial charge >= 0.3 is 0 Å². The van der Waals surface area contributed by atoms with Crippen molar-refractivity contribution in [1.29, 1.82) is 5.26 Å². The predicted molar refractivity (Wildman–Crippen MR) is 228 cm³/mol. The van der Waals surface area contributed by atoms with E-state index in [-0.39, 0.29) is 54.9 Å². The van der Waals surface area contributed by atoms with Crippen LogP contribution >= 0.6 is 0 Å². The molecule has 7 rings (SSSR count). The van der Waals surface area contributed by atoms with E-state index in [9.17, 15) is 19.2 Å². The molecule has 2 atom stereocenters. The first-order valence-corrected chi connectivity index (χ1v) is 21.2. The van der Waals surface area contributed by atoms with Crippen LogP contribution in [0.1, 0.15) is 96.4 Å². The molecule has 4 amide bonds. The molecule has 5 aromatic rings. The number of rotatable bonds is 16. The van der Waals surface area contributed by atoms with E-state index < -0.39 is 23.9 Å². The molecular weight excluding hydrogens is 775 g/mol. The van der Waals surface area contributed by atoms with Crippen LogP contribution in [0.25, 0.3) is 33.8 Å². The molecule has 0 aliphatic heterocycles. The van der Waals surface area contributed by atoms with Gasteiger partial charge in [0.2, 0.25) is 11.8 Å². The molecule has 4 N–H and O–H groups in total. The number of nitrogens with zero attached hydrogens (tertiary/aromatic N) is 3. The monoisotopic (exact) mass is 827 g/mol. The van der Waals surface area contributed by atoms with Gasteiger partial charge in [0.15, 0.2) is 11.5 Å². The number of hydrogen-bond acceptors (Lipinski definition) is 9. The minimum atomic E-state index is -0.764. The van der Waals surface area contributed by atoms with Crippen LogP contribution in [0.5, 0.6) is 0 Å². The van der Waals surface area contributed by atoms with Gasteiger partial charge in [0.05, 0.1) is 31.0 Å². The maximum atomic E-state index is 13.7. The van der Waals surface area contributed by atoms with Crippen LogP contribution in [0.15, 0.2) is 88.0 Å². The summed E-state index contributed by atoms with van der Waals surface area (Å²) in [5.74, 6) is -0.407. The third-order valence-electron chi connectivity index (χ3n) is 11.8. The van der Waals surface area contributed by atoms with Gasteiger partial charge in [-0.3, -0.25) is 23.9 Å². The SMILES string of the molecule is CNC(=O)C(NC(=O)c1cc(COCCNC(=O)C(NC(=O)c2ccc(-c3ccc(C#N)cc3)o2)C2CCCCC2)c(-c2ccc(-c3cnn(C)c3)cc2)o1)C1CCCCC1. The Morgan fingerprint density at radius 1 is 0.770 bits per heavy atom. The lowest BCUT2D eigenvalue weighted by Crippen LogP contribution is -2.51. The van der Waals surface area contributed by atoms with Crippen molar-refractivity contribution < 1.29 is 32.7 Å². The summed E-state index contributed by atoms with van der Waals surface area (Å²) in [4.78, 5) is 53.8. The number of carbonyl (C=O) groups excluding carboxylic acids is 4. The molecule has 2 fully saturated rings. The molecule has 2 unspecified atom stereocenters. The molecule has 14 heteroatoms. The molecule has 0 bridgehead atoms. The molecule has 318 valence electrons. The van der Waals surface area contributed by atoms with Crippen molar-refractivity contribution in [2.24, 2.45) is 18.9 Å². The number of nitrogens with one attached hydrogen (secondary N) is 4. The number of carbonyl (C=O) groups is 4. The number of furan rings is 2. The van der Waals surface area contributed by atoms with Gasteiger partial charge in [0.25, 0.3) is 11.8 Å². The van der Waals surface area contributed by atoms with Crippen LogP contribution in [0.3, 0.4) is 0 Å². The van der Waals surface area contributed by atoms with Crippen LogP contribution in [-0.4, -0.2) is 65.7 Å². The maximum absolute atomic E-state index is 13.7. The Morgan fingerprint density at radius 3 is 1.98 bits per heavy atom. The van der Waals surface area contributed by atoms with Crippen molar-refractivity contribution in [3.05, 3.63) is 102 Å².